The Balaban J connectivity index is 1.26. The van der Waals surface area contributed by atoms with Crippen LogP contribution < -0.4 is 0 Å². The van der Waals surface area contributed by atoms with Crippen LogP contribution >= 0.6 is 0 Å². The van der Waals surface area contributed by atoms with Crippen LogP contribution in [0.1, 0.15) is 25.0 Å². The van der Waals surface area contributed by atoms with Crippen molar-refractivity contribution in [3.63, 3.8) is 0 Å². The summed E-state index contributed by atoms with van der Waals surface area (Å²) >= 11 is 0. The van der Waals surface area contributed by atoms with Crippen molar-refractivity contribution >= 4 is 54.2 Å². The van der Waals surface area contributed by atoms with Crippen LogP contribution in [0.2, 0.25) is 0 Å². The van der Waals surface area contributed by atoms with Crippen molar-refractivity contribution in [2.45, 2.75) is 19.3 Å². The lowest BCUT2D eigenvalue weighted by atomic mass is 9.79. The minimum absolute atomic E-state index is 0.129. The quantitative estimate of drug-likeness (QED) is 0.139. The third kappa shape index (κ3) is 4.09. The molecule has 0 N–H and O–H groups in total. The Morgan fingerprint density at radius 3 is 1.85 bits per heavy atom. The first-order valence-electron chi connectivity index (χ1n) is 18.0. The van der Waals surface area contributed by atoms with Crippen LogP contribution in [0.15, 0.2) is 168 Å². The van der Waals surface area contributed by atoms with Crippen molar-refractivity contribution in [1.29, 1.82) is 0 Å². The molecule has 10 aromatic rings. The van der Waals surface area contributed by atoms with E-state index in [-0.39, 0.29) is 5.41 Å². The zero-order valence-electron chi connectivity index (χ0n) is 28.9. The Morgan fingerprint density at radius 1 is 0.423 bits per heavy atom. The number of rotatable bonds is 3. The number of nitrogens with zero attached hydrogens (tertiary/aromatic N) is 1. The molecule has 2 heteroatoms. The van der Waals surface area contributed by atoms with Gasteiger partial charge in [-0.15, -0.1) is 0 Å². The average molecular weight is 664 g/mol. The van der Waals surface area contributed by atoms with Crippen molar-refractivity contribution < 1.29 is 4.42 Å². The van der Waals surface area contributed by atoms with Gasteiger partial charge in [0, 0.05) is 11.0 Å². The zero-order valence-corrected chi connectivity index (χ0v) is 28.9. The van der Waals surface area contributed by atoms with E-state index in [1.807, 2.05) is 24.3 Å². The topological polar surface area (TPSA) is 26.0 Å². The molecule has 0 amide bonds. The van der Waals surface area contributed by atoms with E-state index in [4.69, 9.17) is 9.40 Å². The van der Waals surface area contributed by atoms with E-state index in [2.05, 4.69) is 153 Å². The number of para-hydroxylation sites is 2. The minimum atomic E-state index is -0.129. The lowest BCUT2D eigenvalue weighted by Gasteiger charge is -2.24. The third-order valence-corrected chi connectivity index (χ3v) is 11.5. The SMILES string of the molecule is CC1(C)c2ccccc2-c2cc3c(-c4ccc(-c5nc6ccccc6o5)cc4)c4ccccc4c(-c4cc5ccccc5c5ccccc45)c3cc21. The molecule has 244 valence electrons. The van der Waals surface area contributed by atoms with Gasteiger partial charge in [-0.25, -0.2) is 4.98 Å². The summed E-state index contributed by atoms with van der Waals surface area (Å²) in [6, 6.07) is 59.8. The molecular formula is C50H33NO. The molecule has 1 aromatic heterocycles. The van der Waals surface area contributed by atoms with Gasteiger partial charge in [-0.3, -0.25) is 0 Å². The summed E-state index contributed by atoms with van der Waals surface area (Å²) in [7, 11) is 0. The van der Waals surface area contributed by atoms with Crippen LogP contribution in [0.3, 0.4) is 0 Å². The molecule has 1 aliphatic carbocycles. The molecular weight excluding hydrogens is 631 g/mol. The van der Waals surface area contributed by atoms with E-state index in [0.717, 1.165) is 16.7 Å². The van der Waals surface area contributed by atoms with Gasteiger partial charge in [0.15, 0.2) is 5.58 Å². The minimum Gasteiger partial charge on any atom is -0.436 e. The first kappa shape index (κ1) is 29.2. The lowest BCUT2D eigenvalue weighted by Crippen LogP contribution is -2.14. The number of benzene rings is 9. The second-order valence-electron chi connectivity index (χ2n) is 14.7. The highest BCUT2D eigenvalue weighted by Crippen LogP contribution is 2.54. The molecule has 2 nitrogen and oxygen atoms in total. The molecule has 0 atom stereocenters. The van der Waals surface area contributed by atoms with Gasteiger partial charge >= 0.3 is 0 Å². The van der Waals surface area contributed by atoms with Crippen LogP contribution in [-0.2, 0) is 5.41 Å². The molecule has 52 heavy (non-hydrogen) atoms. The molecule has 1 aliphatic rings. The second-order valence-corrected chi connectivity index (χ2v) is 14.7. The fourth-order valence-electron chi connectivity index (χ4n) is 9.01. The summed E-state index contributed by atoms with van der Waals surface area (Å²) in [6.45, 7) is 4.75. The van der Waals surface area contributed by atoms with E-state index in [9.17, 15) is 0 Å². The predicted octanol–water partition coefficient (Wildman–Crippen LogP) is 13.7. The Bertz CT molecular complexity index is 3060. The normalized spacial score (nSPS) is 13.3. The molecule has 0 radical (unpaired) electrons. The summed E-state index contributed by atoms with van der Waals surface area (Å²) in [5, 5.41) is 10.1. The van der Waals surface area contributed by atoms with Crippen molar-refractivity contribution in [2.24, 2.45) is 0 Å². The van der Waals surface area contributed by atoms with Crippen molar-refractivity contribution in [2.75, 3.05) is 0 Å². The van der Waals surface area contributed by atoms with Gasteiger partial charge in [-0.1, -0.05) is 135 Å². The number of aromatic nitrogens is 1. The highest BCUT2D eigenvalue weighted by molar-refractivity contribution is 6.26. The van der Waals surface area contributed by atoms with Gasteiger partial charge < -0.3 is 4.42 Å². The van der Waals surface area contributed by atoms with Gasteiger partial charge in [-0.2, -0.15) is 0 Å². The van der Waals surface area contributed by atoms with Crippen LogP contribution in [0.25, 0.3) is 99.0 Å². The summed E-state index contributed by atoms with van der Waals surface area (Å²) < 4.78 is 6.16. The monoisotopic (exact) mass is 663 g/mol. The Morgan fingerprint density at radius 2 is 1.04 bits per heavy atom. The molecule has 1 heterocycles. The summed E-state index contributed by atoms with van der Waals surface area (Å²) in [4.78, 5) is 4.78. The van der Waals surface area contributed by atoms with Crippen LogP contribution in [0.4, 0.5) is 0 Å². The standard InChI is InChI=1S/C50H33NO/c1-50(2)43-20-10-9-17-36(43)39-28-41-42(29-44(39)50)48(40-27-32-13-3-4-14-33(32)34-15-5-6-16-35(34)40)38-19-8-7-18-37(38)47(41)30-23-25-31(26-24-30)49-51-45-21-11-12-22-46(45)52-49/h3-29H,1-2H3. The summed E-state index contributed by atoms with van der Waals surface area (Å²) in [5.74, 6) is 0.637. The van der Waals surface area contributed by atoms with E-state index in [0.29, 0.717) is 5.89 Å². The Hall–Kier alpha value is -6.51. The summed E-state index contributed by atoms with van der Waals surface area (Å²) in [5.41, 5.74) is 12.9. The van der Waals surface area contributed by atoms with Crippen LogP contribution in [0, 0.1) is 0 Å². The first-order chi connectivity index (χ1) is 25.5. The number of hydrogen-bond donors (Lipinski definition) is 0. The fourth-order valence-corrected chi connectivity index (χ4v) is 9.01. The fraction of sp³-hybridized carbons (Fsp3) is 0.0600. The third-order valence-electron chi connectivity index (χ3n) is 11.5. The maximum atomic E-state index is 6.16. The van der Waals surface area contributed by atoms with E-state index in [1.54, 1.807) is 0 Å². The number of fused-ring (bicyclic) bond motifs is 9. The maximum absolute atomic E-state index is 6.16. The second kappa shape index (κ2) is 10.7. The number of hydrogen-bond acceptors (Lipinski definition) is 2. The van der Waals surface area contributed by atoms with Gasteiger partial charge in [0.2, 0.25) is 5.89 Å². The molecule has 0 saturated heterocycles. The Kier molecular flexibility index (Phi) is 6.04. The van der Waals surface area contributed by atoms with Gasteiger partial charge in [-0.05, 0) is 130 Å². The first-order valence-corrected chi connectivity index (χ1v) is 18.0. The van der Waals surface area contributed by atoms with E-state index >= 15 is 0 Å². The highest BCUT2D eigenvalue weighted by Gasteiger charge is 2.36. The molecule has 0 aliphatic heterocycles. The van der Waals surface area contributed by atoms with E-state index < -0.39 is 0 Å². The van der Waals surface area contributed by atoms with Crippen molar-refractivity contribution in [1.82, 2.24) is 4.98 Å². The largest absolute Gasteiger partial charge is 0.436 e. The average Bonchev–Trinajstić information content (AvgIpc) is 3.72. The smallest absolute Gasteiger partial charge is 0.227 e. The lowest BCUT2D eigenvalue weighted by molar-refractivity contribution is 0.620. The molecule has 0 unspecified atom stereocenters. The van der Waals surface area contributed by atoms with Gasteiger partial charge in [0.25, 0.3) is 0 Å². The van der Waals surface area contributed by atoms with Crippen LogP contribution in [0.5, 0.6) is 0 Å². The van der Waals surface area contributed by atoms with Gasteiger partial charge in [0.05, 0.1) is 0 Å². The molecule has 0 saturated carbocycles. The molecule has 0 bridgehead atoms. The maximum Gasteiger partial charge on any atom is 0.227 e. The highest BCUT2D eigenvalue weighted by atomic mass is 16.3. The molecule has 11 rings (SSSR count). The molecule has 9 aromatic carbocycles. The molecule has 0 fully saturated rings. The van der Waals surface area contributed by atoms with Crippen molar-refractivity contribution in [3.05, 3.63) is 175 Å². The predicted molar refractivity (Wildman–Crippen MR) is 218 cm³/mol. The van der Waals surface area contributed by atoms with Crippen LogP contribution in [-0.4, -0.2) is 4.98 Å². The van der Waals surface area contributed by atoms with Crippen molar-refractivity contribution in [3.8, 4) is 44.8 Å². The Labute approximate surface area is 301 Å². The molecule has 0 spiro atoms. The zero-order chi connectivity index (χ0) is 34.6. The number of oxazole rings is 1. The van der Waals surface area contributed by atoms with Gasteiger partial charge in [0.1, 0.15) is 5.52 Å². The summed E-state index contributed by atoms with van der Waals surface area (Å²) in [6.07, 6.45) is 0. The van der Waals surface area contributed by atoms with E-state index in [1.165, 1.54) is 87.6 Å².